The van der Waals surface area contributed by atoms with Gasteiger partial charge in [0.2, 0.25) is 0 Å². The Morgan fingerprint density at radius 1 is 1.29 bits per heavy atom. The van der Waals surface area contributed by atoms with Crippen molar-refractivity contribution in [1.82, 2.24) is 0 Å². The third-order valence-corrected chi connectivity index (χ3v) is 7.39. The lowest BCUT2D eigenvalue weighted by Gasteiger charge is -2.59. The van der Waals surface area contributed by atoms with Crippen molar-refractivity contribution in [2.75, 3.05) is 7.11 Å². The van der Waals surface area contributed by atoms with Crippen LogP contribution in [-0.2, 0) is 14.3 Å². The minimum absolute atomic E-state index is 0.0114. The van der Waals surface area contributed by atoms with Gasteiger partial charge in [0.25, 0.3) is 0 Å². The maximum Gasteiger partial charge on any atom is 0.162 e. The van der Waals surface area contributed by atoms with Crippen molar-refractivity contribution in [3.8, 4) is 0 Å². The maximum atomic E-state index is 12.6. The van der Waals surface area contributed by atoms with E-state index >= 15 is 0 Å². The number of carbonyl (C=O) groups excluding carboxylic acids is 2. The third-order valence-electron chi connectivity index (χ3n) is 7.39. The summed E-state index contributed by atoms with van der Waals surface area (Å²) in [5.41, 5.74) is 0.185. The van der Waals surface area contributed by atoms with E-state index < -0.39 is 0 Å². The van der Waals surface area contributed by atoms with Gasteiger partial charge in [-0.25, -0.2) is 0 Å². The molecule has 4 rings (SSSR count). The number of allylic oxidation sites excluding steroid dienone is 2. The summed E-state index contributed by atoms with van der Waals surface area (Å²) in [4.78, 5) is 24.7. The summed E-state index contributed by atoms with van der Waals surface area (Å²) < 4.78 is 5.45. The Morgan fingerprint density at radius 2 is 2.10 bits per heavy atom. The molecule has 3 saturated carbocycles. The van der Waals surface area contributed by atoms with Crippen molar-refractivity contribution in [3.63, 3.8) is 0 Å². The zero-order chi connectivity index (χ0) is 14.8. The first-order valence-electron chi connectivity index (χ1n) is 8.31. The first-order valence-corrected chi connectivity index (χ1v) is 8.31. The predicted molar refractivity (Wildman–Crippen MR) is 78.4 cm³/mol. The smallest absolute Gasteiger partial charge is 0.162 e. The molecule has 0 aliphatic heterocycles. The summed E-state index contributed by atoms with van der Waals surface area (Å²) in [5, 5.41) is 0. The highest BCUT2D eigenvalue weighted by atomic mass is 16.5. The van der Waals surface area contributed by atoms with Crippen molar-refractivity contribution < 1.29 is 14.3 Å². The Morgan fingerprint density at radius 3 is 2.86 bits per heavy atom. The van der Waals surface area contributed by atoms with Gasteiger partial charge in [0.05, 0.1) is 12.9 Å². The fraction of sp³-hybridized carbons (Fsp3) is 0.778. The van der Waals surface area contributed by atoms with E-state index in [0.29, 0.717) is 11.7 Å². The number of methoxy groups -OCH3 is 1. The molecule has 0 radical (unpaired) electrons. The largest absolute Gasteiger partial charge is 0.501 e. The molecule has 0 N–H and O–H groups in total. The number of carbonyl (C=O) groups is 2. The average molecular weight is 288 g/mol. The highest BCUT2D eigenvalue weighted by Gasteiger charge is 2.66. The van der Waals surface area contributed by atoms with E-state index in [4.69, 9.17) is 4.74 Å². The first-order chi connectivity index (χ1) is 10.00. The fourth-order valence-corrected chi connectivity index (χ4v) is 6.33. The molecule has 0 amide bonds. The first kappa shape index (κ1) is 13.5. The minimum atomic E-state index is -0.0114. The Kier molecular flexibility index (Phi) is 2.71. The number of rotatable bonds is 1. The van der Waals surface area contributed by atoms with Crippen LogP contribution in [0.4, 0.5) is 0 Å². The van der Waals surface area contributed by atoms with Crippen molar-refractivity contribution in [3.05, 3.63) is 11.8 Å². The number of Topliss-reactive ketones (excluding diaryl/α,β-unsaturated/α-hetero) is 1. The van der Waals surface area contributed by atoms with E-state index in [1.165, 1.54) is 0 Å². The summed E-state index contributed by atoms with van der Waals surface area (Å²) >= 11 is 0. The van der Waals surface area contributed by atoms with Crippen molar-refractivity contribution in [1.29, 1.82) is 0 Å². The van der Waals surface area contributed by atoms with Crippen LogP contribution in [0.5, 0.6) is 0 Å². The van der Waals surface area contributed by atoms with Crippen molar-refractivity contribution in [2.24, 2.45) is 28.6 Å². The number of hydrogen-bond donors (Lipinski definition) is 0. The second-order valence-corrected chi connectivity index (χ2v) is 7.90. The second kappa shape index (κ2) is 4.21. The molecule has 0 heterocycles. The van der Waals surface area contributed by atoms with E-state index in [1.807, 2.05) is 0 Å². The van der Waals surface area contributed by atoms with Crippen LogP contribution in [-0.4, -0.2) is 18.7 Å². The summed E-state index contributed by atoms with van der Waals surface area (Å²) in [5.74, 6) is 2.62. The molecule has 1 spiro atoms. The molecule has 0 aromatic carbocycles. The number of fused-ring (bicyclic) bond motifs is 2. The zero-order valence-corrected chi connectivity index (χ0v) is 13.0. The van der Waals surface area contributed by atoms with Gasteiger partial charge in [0.1, 0.15) is 5.78 Å². The molecule has 0 saturated heterocycles. The molecule has 0 aromatic rings. The summed E-state index contributed by atoms with van der Waals surface area (Å²) in [7, 11) is 1.67. The molecule has 3 fully saturated rings. The third kappa shape index (κ3) is 1.55. The molecule has 3 heteroatoms. The minimum Gasteiger partial charge on any atom is -0.501 e. The number of ether oxygens (including phenoxy) is 1. The summed E-state index contributed by atoms with van der Waals surface area (Å²) in [6.45, 7) is 2.31. The van der Waals surface area contributed by atoms with E-state index in [-0.39, 0.29) is 28.4 Å². The van der Waals surface area contributed by atoms with Gasteiger partial charge in [-0.1, -0.05) is 6.92 Å². The van der Waals surface area contributed by atoms with E-state index in [1.54, 1.807) is 13.2 Å². The molecule has 4 aliphatic carbocycles. The Hall–Kier alpha value is -1.12. The van der Waals surface area contributed by atoms with Crippen LogP contribution in [0.3, 0.4) is 0 Å². The molecule has 5 atom stereocenters. The zero-order valence-electron chi connectivity index (χ0n) is 13.0. The van der Waals surface area contributed by atoms with Crippen molar-refractivity contribution >= 4 is 11.6 Å². The summed E-state index contributed by atoms with van der Waals surface area (Å²) in [6.07, 6.45) is 8.53. The van der Waals surface area contributed by atoms with E-state index in [2.05, 4.69) is 6.92 Å². The van der Waals surface area contributed by atoms with Crippen LogP contribution in [0.15, 0.2) is 11.8 Å². The summed E-state index contributed by atoms with van der Waals surface area (Å²) in [6, 6.07) is 0. The number of hydrogen-bond acceptors (Lipinski definition) is 3. The van der Waals surface area contributed by atoms with Crippen LogP contribution in [0.1, 0.15) is 51.9 Å². The van der Waals surface area contributed by atoms with E-state index in [9.17, 15) is 9.59 Å². The van der Waals surface area contributed by atoms with Gasteiger partial charge in [0.15, 0.2) is 5.78 Å². The molecule has 2 bridgehead atoms. The topological polar surface area (TPSA) is 43.4 Å². The molecular formula is C18H24O3. The standard InChI is InChI=1S/C18H24O3/c1-17-10-13(21-2)8-16(20)14(17)4-3-12-7-11-9-18(12,17)6-5-15(11)19/h8,11-12,14H,3-7,9-10H2,1-2H3/t11?,12-,14-,17-,18+/m0/s1. The monoisotopic (exact) mass is 288 g/mol. The van der Waals surface area contributed by atoms with Gasteiger partial charge in [-0.15, -0.1) is 0 Å². The van der Waals surface area contributed by atoms with Gasteiger partial charge in [0, 0.05) is 30.8 Å². The normalized spacial score (nSPS) is 48.5. The van der Waals surface area contributed by atoms with Crippen molar-refractivity contribution in [2.45, 2.75) is 51.9 Å². The molecule has 21 heavy (non-hydrogen) atoms. The lowest BCUT2D eigenvalue weighted by Crippen LogP contribution is -2.55. The molecule has 1 unspecified atom stereocenters. The fourth-order valence-electron chi connectivity index (χ4n) is 6.33. The Balaban J connectivity index is 1.80. The quantitative estimate of drug-likeness (QED) is 0.743. The van der Waals surface area contributed by atoms with Gasteiger partial charge >= 0.3 is 0 Å². The van der Waals surface area contributed by atoms with Gasteiger partial charge in [-0.05, 0) is 48.9 Å². The van der Waals surface area contributed by atoms with Gasteiger partial charge < -0.3 is 4.74 Å². The second-order valence-electron chi connectivity index (χ2n) is 7.90. The van der Waals surface area contributed by atoms with Crippen LogP contribution in [0.25, 0.3) is 0 Å². The van der Waals surface area contributed by atoms with Crippen LogP contribution < -0.4 is 0 Å². The lowest BCUT2D eigenvalue weighted by atomic mass is 9.44. The lowest BCUT2D eigenvalue weighted by molar-refractivity contribution is -0.147. The Bertz CT molecular complexity index is 549. The van der Waals surface area contributed by atoms with Gasteiger partial charge in [-0.3, -0.25) is 9.59 Å². The molecule has 4 aliphatic rings. The highest BCUT2D eigenvalue weighted by molar-refractivity contribution is 5.94. The Labute approximate surface area is 126 Å². The average Bonchev–Trinajstić information content (AvgIpc) is 2.79. The van der Waals surface area contributed by atoms with E-state index in [0.717, 1.165) is 50.7 Å². The van der Waals surface area contributed by atoms with Gasteiger partial charge in [-0.2, -0.15) is 0 Å². The molecule has 114 valence electrons. The molecule has 3 nitrogen and oxygen atoms in total. The van der Waals surface area contributed by atoms with Crippen LogP contribution >= 0.6 is 0 Å². The maximum absolute atomic E-state index is 12.6. The highest BCUT2D eigenvalue weighted by Crippen LogP contribution is 2.71. The SMILES string of the molecule is COC1=CC(=O)[C@@H]2CC[C@H]3CC4C[C@@]3(CCC4=O)[C@@]2(C)C1. The molecular weight excluding hydrogens is 264 g/mol. The predicted octanol–water partition coefficient (Wildman–Crippen LogP) is 3.28. The van der Waals surface area contributed by atoms with Crippen LogP contribution in [0, 0.1) is 28.6 Å². The molecule has 0 aromatic heterocycles. The van der Waals surface area contributed by atoms with Crippen LogP contribution in [0.2, 0.25) is 0 Å². The number of ketones is 2.